The second-order valence-electron chi connectivity index (χ2n) is 8.25. The van der Waals surface area contributed by atoms with E-state index in [0.29, 0.717) is 12.7 Å². The molecule has 1 saturated heterocycles. The van der Waals surface area contributed by atoms with Crippen LogP contribution < -0.4 is 19.7 Å². The number of piperazine rings is 1. The molecule has 0 spiro atoms. The molecule has 1 fully saturated rings. The van der Waals surface area contributed by atoms with E-state index in [0.717, 1.165) is 74.6 Å². The van der Waals surface area contributed by atoms with Crippen LogP contribution >= 0.6 is 0 Å². The lowest BCUT2D eigenvalue weighted by Gasteiger charge is -2.35. The molecule has 0 amide bonds. The highest BCUT2D eigenvalue weighted by molar-refractivity contribution is 5.46. The molecule has 1 N–H and O–H groups in total. The van der Waals surface area contributed by atoms with Gasteiger partial charge < -0.3 is 19.7 Å². The smallest absolute Gasteiger partial charge is 0.231 e. The Kier molecular flexibility index (Phi) is 6.04. The molecule has 4 rings (SSSR count). The minimum atomic E-state index is 0.324. The van der Waals surface area contributed by atoms with E-state index in [1.165, 1.54) is 5.56 Å². The molecule has 0 unspecified atom stereocenters. The Morgan fingerprint density at radius 2 is 1.83 bits per heavy atom. The fourth-order valence-electron chi connectivity index (χ4n) is 3.70. The lowest BCUT2D eigenvalue weighted by atomic mass is 10.1. The van der Waals surface area contributed by atoms with Crippen molar-refractivity contribution in [1.29, 1.82) is 0 Å². The first-order valence-corrected chi connectivity index (χ1v) is 10.5. The highest BCUT2D eigenvalue weighted by Gasteiger charge is 2.20. The number of aryl methyl sites for hydroxylation is 1. The summed E-state index contributed by atoms with van der Waals surface area (Å²) in [6, 6.07) is 8.31. The summed E-state index contributed by atoms with van der Waals surface area (Å²) >= 11 is 0. The summed E-state index contributed by atoms with van der Waals surface area (Å²) in [5.74, 6) is 4.13. The average Bonchev–Trinajstić information content (AvgIpc) is 3.16. The van der Waals surface area contributed by atoms with Crippen molar-refractivity contribution < 1.29 is 9.47 Å². The number of hydrogen-bond donors (Lipinski definition) is 1. The van der Waals surface area contributed by atoms with E-state index < -0.39 is 0 Å². The molecule has 3 heterocycles. The number of nitrogens with zero attached hydrogens (tertiary/aromatic N) is 4. The Morgan fingerprint density at radius 3 is 2.62 bits per heavy atom. The van der Waals surface area contributed by atoms with E-state index in [1.807, 2.05) is 13.0 Å². The minimum Gasteiger partial charge on any atom is -0.454 e. The molecule has 1 aromatic carbocycles. The van der Waals surface area contributed by atoms with Crippen LogP contribution in [0.3, 0.4) is 0 Å². The topological polar surface area (TPSA) is 62.8 Å². The number of hydrogen-bond acceptors (Lipinski definition) is 7. The zero-order valence-corrected chi connectivity index (χ0v) is 17.6. The number of anilines is 2. The van der Waals surface area contributed by atoms with E-state index >= 15 is 0 Å². The normalized spacial score (nSPS) is 16.5. The van der Waals surface area contributed by atoms with Crippen LogP contribution in [0.4, 0.5) is 11.8 Å². The van der Waals surface area contributed by atoms with Crippen LogP contribution in [0.15, 0.2) is 24.3 Å². The maximum absolute atomic E-state index is 5.50. The molecule has 0 atom stereocenters. The van der Waals surface area contributed by atoms with Gasteiger partial charge in [-0.3, -0.25) is 4.90 Å². The first-order valence-electron chi connectivity index (χ1n) is 10.5. The van der Waals surface area contributed by atoms with Gasteiger partial charge >= 0.3 is 0 Å². The summed E-state index contributed by atoms with van der Waals surface area (Å²) in [6.07, 6.45) is 1.12. The van der Waals surface area contributed by atoms with Gasteiger partial charge in [-0.15, -0.1) is 0 Å². The molecule has 7 nitrogen and oxygen atoms in total. The van der Waals surface area contributed by atoms with Gasteiger partial charge in [-0.2, -0.15) is 4.98 Å². The molecular weight excluding hydrogens is 366 g/mol. The van der Waals surface area contributed by atoms with E-state index in [4.69, 9.17) is 14.5 Å². The monoisotopic (exact) mass is 397 g/mol. The molecule has 0 aliphatic carbocycles. The summed E-state index contributed by atoms with van der Waals surface area (Å²) in [5.41, 5.74) is 2.27. The Labute approximate surface area is 173 Å². The second kappa shape index (κ2) is 8.86. The summed E-state index contributed by atoms with van der Waals surface area (Å²) < 4.78 is 10.9. The lowest BCUT2D eigenvalue weighted by Crippen LogP contribution is -2.46. The summed E-state index contributed by atoms with van der Waals surface area (Å²) in [5, 5.41) is 3.38. The molecule has 2 aliphatic heterocycles. The third kappa shape index (κ3) is 5.09. The summed E-state index contributed by atoms with van der Waals surface area (Å²) in [7, 11) is 0. The third-order valence-corrected chi connectivity index (χ3v) is 5.38. The van der Waals surface area contributed by atoms with Crippen LogP contribution in [0.5, 0.6) is 11.5 Å². The van der Waals surface area contributed by atoms with Gasteiger partial charge in [0.2, 0.25) is 12.7 Å². The molecule has 2 aromatic rings. The largest absolute Gasteiger partial charge is 0.454 e. The van der Waals surface area contributed by atoms with Crippen molar-refractivity contribution >= 4 is 11.8 Å². The van der Waals surface area contributed by atoms with Crippen molar-refractivity contribution in [2.24, 2.45) is 5.92 Å². The van der Waals surface area contributed by atoms with Crippen molar-refractivity contribution in [1.82, 2.24) is 14.9 Å². The standard InChI is InChI=1S/C22H31N5O2/c1-16(2)6-7-23-22-24-17(3)12-21(25-22)27-10-8-26(9-11-27)14-18-4-5-19-20(13-18)29-15-28-19/h4-5,12-13,16H,6-11,14-15H2,1-3H3,(H,23,24,25). The van der Waals surface area contributed by atoms with Gasteiger partial charge in [-0.1, -0.05) is 19.9 Å². The fourth-order valence-corrected chi connectivity index (χ4v) is 3.70. The zero-order chi connectivity index (χ0) is 20.2. The maximum atomic E-state index is 5.50. The van der Waals surface area contributed by atoms with Gasteiger partial charge in [0, 0.05) is 51.0 Å². The van der Waals surface area contributed by atoms with Crippen molar-refractivity contribution in [2.45, 2.75) is 33.7 Å². The second-order valence-corrected chi connectivity index (χ2v) is 8.25. The molecule has 0 radical (unpaired) electrons. The van der Waals surface area contributed by atoms with Crippen LogP contribution in [-0.4, -0.2) is 54.4 Å². The Morgan fingerprint density at radius 1 is 1.03 bits per heavy atom. The SMILES string of the molecule is Cc1cc(N2CCN(Cc3ccc4c(c3)OCO4)CC2)nc(NCCC(C)C)n1. The van der Waals surface area contributed by atoms with E-state index in [9.17, 15) is 0 Å². The molecule has 156 valence electrons. The molecule has 7 heteroatoms. The van der Waals surface area contributed by atoms with Gasteiger partial charge in [-0.25, -0.2) is 4.98 Å². The van der Waals surface area contributed by atoms with Gasteiger partial charge in [0.15, 0.2) is 11.5 Å². The highest BCUT2D eigenvalue weighted by Crippen LogP contribution is 2.33. The molecule has 29 heavy (non-hydrogen) atoms. The summed E-state index contributed by atoms with van der Waals surface area (Å²) in [6.45, 7) is 12.6. The molecule has 2 aliphatic rings. The number of nitrogens with one attached hydrogen (secondary N) is 1. The van der Waals surface area contributed by atoms with Crippen LogP contribution in [0.1, 0.15) is 31.5 Å². The highest BCUT2D eigenvalue weighted by atomic mass is 16.7. The van der Waals surface area contributed by atoms with E-state index in [-0.39, 0.29) is 0 Å². The van der Waals surface area contributed by atoms with Crippen LogP contribution in [0, 0.1) is 12.8 Å². The number of benzene rings is 1. The number of fused-ring (bicyclic) bond motifs is 1. The third-order valence-electron chi connectivity index (χ3n) is 5.38. The first kappa shape index (κ1) is 19.8. The van der Waals surface area contributed by atoms with Gasteiger partial charge in [0.1, 0.15) is 5.82 Å². The van der Waals surface area contributed by atoms with Gasteiger partial charge in [0.25, 0.3) is 0 Å². The maximum Gasteiger partial charge on any atom is 0.231 e. The summed E-state index contributed by atoms with van der Waals surface area (Å²) in [4.78, 5) is 14.1. The van der Waals surface area contributed by atoms with Crippen LogP contribution in [0.2, 0.25) is 0 Å². The quantitative estimate of drug-likeness (QED) is 0.769. The Bertz CT molecular complexity index is 834. The lowest BCUT2D eigenvalue weighted by molar-refractivity contribution is 0.174. The predicted molar refractivity (Wildman–Crippen MR) is 115 cm³/mol. The fraction of sp³-hybridized carbons (Fsp3) is 0.545. The molecule has 0 saturated carbocycles. The first-order chi connectivity index (χ1) is 14.1. The average molecular weight is 398 g/mol. The number of ether oxygens (including phenoxy) is 2. The van der Waals surface area contributed by atoms with Crippen LogP contribution in [0.25, 0.3) is 0 Å². The van der Waals surface area contributed by atoms with Crippen molar-refractivity contribution in [3.63, 3.8) is 0 Å². The Hall–Kier alpha value is -2.54. The molecule has 1 aromatic heterocycles. The van der Waals surface area contributed by atoms with E-state index in [1.54, 1.807) is 0 Å². The number of aromatic nitrogens is 2. The van der Waals surface area contributed by atoms with Crippen molar-refractivity contribution in [3.8, 4) is 11.5 Å². The Balaban J connectivity index is 1.32. The van der Waals surface area contributed by atoms with Crippen molar-refractivity contribution in [3.05, 3.63) is 35.5 Å². The van der Waals surface area contributed by atoms with Crippen molar-refractivity contribution in [2.75, 3.05) is 49.7 Å². The van der Waals surface area contributed by atoms with Gasteiger partial charge in [-0.05, 0) is 37.0 Å². The molecule has 0 bridgehead atoms. The molecular formula is C22H31N5O2. The van der Waals surface area contributed by atoms with Gasteiger partial charge in [0.05, 0.1) is 0 Å². The zero-order valence-electron chi connectivity index (χ0n) is 17.6. The van der Waals surface area contributed by atoms with Crippen LogP contribution in [-0.2, 0) is 6.54 Å². The predicted octanol–water partition coefficient (Wildman–Crippen LogP) is 3.29. The minimum absolute atomic E-state index is 0.324. The number of rotatable bonds is 7. The van der Waals surface area contributed by atoms with E-state index in [2.05, 4.69) is 52.1 Å².